The molecule has 0 bridgehead atoms. The summed E-state index contributed by atoms with van der Waals surface area (Å²) in [5, 5.41) is 0. The normalized spacial score (nSPS) is 10.0. The fourth-order valence-corrected chi connectivity index (χ4v) is 1.54. The van der Waals surface area contributed by atoms with E-state index in [-0.39, 0.29) is 0 Å². The second-order valence-electron chi connectivity index (χ2n) is 3.76. The van der Waals surface area contributed by atoms with Crippen molar-refractivity contribution in [3.8, 4) is 23.3 Å². The summed E-state index contributed by atoms with van der Waals surface area (Å²) in [5.41, 5.74) is 6.26. The average molecular weight is 260 g/mol. The minimum Gasteiger partial charge on any atom is -0.494 e. The van der Waals surface area contributed by atoms with Crippen LogP contribution in [0.25, 0.3) is 0 Å². The number of aromatic nitrogens is 1. The number of nitrogens with zero attached hydrogens (tertiary/aromatic N) is 1. The molecule has 0 radical (unpaired) electrons. The van der Waals surface area contributed by atoms with Crippen LogP contribution >= 0.6 is 0 Å². The number of pyridine rings is 1. The van der Waals surface area contributed by atoms with Crippen LogP contribution in [0.3, 0.4) is 0 Å². The van der Waals surface area contributed by atoms with Crippen molar-refractivity contribution in [1.82, 2.24) is 4.98 Å². The van der Waals surface area contributed by atoms with Crippen molar-refractivity contribution in [3.05, 3.63) is 36.4 Å². The highest BCUT2D eigenvalue weighted by atomic mass is 16.5. The Hall–Kier alpha value is -2.43. The zero-order valence-corrected chi connectivity index (χ0v) is 10.9. The minimum atomic E-state index is 0.313. The molecule has 0 saturated carbocycles. The summed E-state index contributed by atoms with van der Waals surface area (Å²) in [6.45, 7) is 2.53. The summed E-state index contributed by atoms with van der Waals surface area (Å²) in [4.78, 5) is 4.15. The van der Waals surface area contributed by atoms with E-state index < -0.39 is 0 Å². The van der Waals surface area contributed by atoms with E-state index in [1.807, 2.05) is 25.1 Å². The fourth-order valence-electron chi connectivity index (χ4n) is 1.54. The molecule has 19 heavy (non-hydrogen) atoms. The van der Waals surface area contributed by atoms with Gasteiger partial charge in [-0.2, -0.15) is 4.98 Å². The highest BCUT2D eigenvalue weighted by Crippen LogP contribution is 2.29. The Balaban J connectivity index is 2.22. The fraction of sp³-hybridized carbons (Fsp3) is 0.214. The van der Waals surface area contributed by atoms with E-state index in [0.717, 1.165) is 5.75 Å². The van der Waals surface area contributed by atoms with Crippen molar-refractivity contribution in [3.63, 3.8) is 0 Å². The first-order chi connectivity index (χ1) is 9.22. The van der Waals surface area contributed by atoms with E-state index in [9.17, 15) is 0 Å². The van der Waals surface area contributed by atoms with Crippen molar-refractivity contribution in [2.45, 2.75) is 6.92 Å². The second-order valence-corrected chi connectivity index (χ2v) is 3.76. The first-order valence-electron chi connectivity index (χ1n) is 5.94. The third kappa shape index (κ3) is 3.28. The van der Waals surface area contributed by atoms with E-state index in [4.69, 9.17) is 19.9 Å². The maximum absolute atomic E-state index is 5.81. The van der Waals surface area contributed by atoms with Crippen molar-refractivity contribution >= 4 is 5.69 Å². The number of methoxy groups -OCH3 is 1. The van der Waals surface area contributed by atoms with Crippen molar-refractivity contribution in [2.75, 3.05) is 19.5 Å². The zero-order chi connectivity index (χ0) is 13.7. The van der Waals surface area contributed by atoms with Gasteiger partial charge in [0.2, 0.25) is 11.8 Å². The number of nitrogen functional groups attached to an aromatic ring is 1. The second kappa shape index (κ2) is 5.95. The first-order valence-corrected chi connectivity index (χ1v) is 5.94. The topological polar surface area (TPSA) is 66.6 Å². The molecule has 0 spiro atoms. The highest BCUT2D eigenvalue weighted by Gasteiger charge is 2.07. The molecule has 0 aliphatic rings. The van der Waals surface area contributed by atoms with E-state index in [1.165, 1.54) is 7.11 Å². The Morgan fingerprint density at radius 3 is 2.68 bits per heavy atom. The summed E-state index contributed by atoms with van der Waals surface area (Å²) in [7, 11) is 1.54. The first kappa shape index (κ1) is 13.0. The molecule has 2 rings (SSSR count). The van der Waals surface area contributed by atoms with Gasteiger partial charge in [-0.3, -0.25) is 0 Å². The number of nitrogens with two attached hydrogens (primary N) is 1. The minimum absolute atomic E-state index is 0.313. The SMILES string of the molecule is CCOc1cccc(Oc2nc(OC)ccc2N)c1. The van der Waals surface area contributed by atoms with Gasteiger partial charge in [0.1, 0.15) is 11.5 Å². The van der Waals surface area contributed by atoms with Crippen LogP contribution in [0.5, 0.6) is 23.3 Å². The largest absolute Gasteiger partial charge is 0.494 e. The molecule has 5 nitrogen and oxygen atoms in total. The van der Waals surface area contributed by atoms with Gasteiger partial charge in [-0.25, -0.2) is 0 Å². The zero-order valence-electron chi connectivity index (χ0n) is 10.9. The van der Waals surface area contributed by atoms with Crippen LogP contribution in [0.4, 0.5) is 5.69 Å². The Bertz CT molecular complexity index is 558. The number of benzene rings is 1. The molecule has 0 amide bonds. The lowest BCUT2D eigenvalue weighted by molar-refractivity contribution is 0.337. The number of anilines is 1. The lowest BCUT2D eigenvalue weighted by Crippen LogP contribution is -1.97. The highest BCUT2D eigenvalue weighted by molar-refractivity contribution is 5.51. The van der Waals surface area contributed by atoms with Gasteiger partial charge < -0.3 is 19.9 Å². The molecule has 0 unspecified atom stereocenters. The summed E-state index contributed by atoms with van der Waals surface area (Å²) >= 11 is 0. The van der Waals surface area contributed by atoms with Crippen LogP contribution in [0.1, 0.15) is 6.92 Å². The number of rotatable bonds is 5. The Kier molecular flexibility index (Phi) is 4.07. The van der Waals surface area contributed by atoms with E-state index in [1.54, 1.807) is 18.2 Å². The maximum Gasteiger partial charge on any atom is 0.246 e. The molecule has 2 aromatic rings. The lowest BCUT2D eigenvalue weighted by atomic mass is 10.3. The van der Waals surface area contributed by atoms with Crippen molar-refractivity contribution in [2.24, 2.45) is 0 Å². The monoisotopic (exact) mass is 260 g/mol. The molecule has 1 aromatic carbocycles. The smallest absolute Gasteiger partial charge is 0.246 e. The van der Waals surface area contributed by atoms with Gasteiger partial charge in [0, 0.05) is 12.1 Å². The number of hydrogen-bond donors (Lipinski definition) is 1. The van der Waals surface area contributed by atoms with Gasteiger partial charge in [0.05, 0.1) is 19.4 Å². The predicted molar refractivity (Wildman–Crippen MR) is 72.9 cm³/mol. The van der Waals surface area contributed by atoms with Crippen molar-refractivity contribution < 1.29 is 14.2 Å². The predicted octanol–water partition coefficient (Wildman–Crippen LogP) is 2.86. The van der Waals surface area contributed by atoms with Gasteiger partial charge in [-0.1, -0.05) is 6.07 Å². The lowest BCUT2D eigenvalue weighted by Gasteiger charge is -2.10. The van der Waals surface area contributed by atoms with Gasteiger partial charge in [0.25, 0.3) is 0 Å². The van der Waals surface area contributed by atoms with Crippen LogP contribution < -0.4 is 19.9 Å². The molecular formula is C14H16N2O3. The van der Waals surface area contributed by atoms with E-state index in [2.05, 4.69) is 4.98 Å². The van der Waals surface area contributed by atoms with E-state index in [0.29, 0.717) is 29.8 Å². The molecule has 5 heteroatoms. The van der Waals surface area contributed by atoms with Gasteiger partial charge >= 0.3 is 0 Å². The molecular weight excluding hydrogens is 244 g/mol. The molecule has 0 aliphatic heterocycles. The number of hydrogen-bond acceptors (Lipinski definition) is 5. The third-order valence-corrected chi connectivity index (χ3v) is 2.40. The van der Waals surface area contributed by atoms with Gasteiger partial charge in [-0.05, 0) is 25.1 Å². The molecule has 0 saturated heterocycles. The Morgan fingerprint density at radius 1 is 1.16 bits per heavy atom. The van der Waals surface area contributed by atoms with Crippen LogP contribution in [0.2, 0.25) is 0 Å². The third-order valence-electron chi connectivity index (χ3n) is 2.40. The van der Waals surface area contributed by atoms with E-state index >= 15 is 0 Å². The Morgan fingerprint density at radius 2 is 1.95 bits per heavy atom. The molecule has 0 fully saturated rings. The van der Waals surface area contributed by atoms with Gasteiger partial charge in [-0.15, -0.1) is 0 Å². The summed E-state index contributed by atoms with van der Waals surface area (Å²) in [6, 6.07) is 10.7. The van der Waals surface area contributed by atoms with Crippen LogP contribution in [0, 0.1) is 0 Å². The summed E-state index contributed by atoms with van der Waals surface area (Å²) < 4.78 is 16.1. The average Bonchev–Trinajstić information content (AvgIpc) is 2.42. The Labute approximate surface area is 111 Å². The molecule has 100 valence electrons. The number of ether oxygens (including phenoxy) is 3. The van der Waals surface area contributed by atoms with Crippen LogP contribution in [0.15, 0.2) is 36.4 Å². The molecule has 1 heterocycles. The quantitative estimate of drug-likeness (QED) is 0.895. The molecule has 2 N–H and O–H groups in total. The van der Waals surface area contributed by atoms with Crippen LogP contribution in [-0.2, 0) is 0 Å². The molecule has 1 aromatic heterocycles. The standard InChI is InChI=1S/C14H16N2O3/c1-3-18-10-5-4-6-11(9-10)19-14-12(15)7-8-13(16-14)17-2/h4-9H,3,15H2,1-2H3. The molecule has 0 aliphatic carbocycles. The molecule has 0 atom stereocenters. The van der Waals surface area contributed by atoms with Crippen LogP contribution in [-0.4, -0.2) is 18.7 Å². The summed E-state index contributed by atoms with van der Waals surface area (Å²) in [5.74, 6) is 2.11. The van der Waals surface area contributed by atoms with Crippen molar-refractivity contribution in [1.29, 1.82) is 0 Å². The summed E-state index contributed by atoms with van der Waals surface area (Å²) in [6.07, 6.45) is 0. The van der Waals surface area contributed by atoms with Gasteiger partial charge in [0.15, 0.2) is 0 Å². The maximum atomic E-state index is 5.81.